The highest BCUT2D eigenvalue weighted by molar-refractivity contribution is 5.46. The second kappa shape index (κ2) is 6.58. The van der Waals surface area contributed by atoms with Crippen molar-refractivity contribution in [3.05, 3.63) is 64.7 Å². The van der Waals surface area contributed by atoms with Crippen LogP contribution in [0.2, 0.25) is 0 Å². The molecular formula is C18H23NO. The van der Waals surface area contributed by atoms with Gasteiger partial charge in [-0.15, -0.1) is 0 Å². The molecule has 2 nitrogen and oxygen atoms in total. The highest BCUT2D eigenvalue weighted by Gasteiger charge is 2.15. The van der Waals surface area contributed by atoms with Crippen molar-refractivity contribution >= 4 is 0 Å². The van der Waals surface area contributed by atoms with Gasteiger partial charge in [-0.2, -0.15) is 0 Å². The number of ether oxygens (including phenoxy) is 1. The molecule has 0 saturated carbocycles. The molecule has 0 bridgehead atoms. The van der Waals surface area contributed by atoms with Crippen LogP contribution < -0.4 is 10.5 Å². The average Bonchev–Trinajstić information content (AvgIpc) is 2.48. The molecule has 2 heteroatoms. The van der Waals surface area contributed by atoms with Crippen molar-refractivity contribution in [1.82, 2.24) is 0 Å². The fourth-order valence-corrected chi connectivity index (χ4v) is 2.50. The number of hydrogen-bond acceptors (Lipinski definition) is 2. The Balaban J connectivity index is 2.13. The van der Waals surface area contributed by atoms with Gasteiger partial charge >= 0.3 is 0 Å². The van der Waals surface area contributed by atoms with Gasteiger partial charge in [0.25, 0.3) is 0 Å². The third-order valence-corrected chi connectivity index (χ3v) is 3.90. The van der Waals surface area contributed by atoms with E-state index >= 15 is 0 Å². The van der Waals surface area contributed by atoms with Crippen LogP contribution in [0.5, 0.6) is 5.75 Å². The van der Waals surface area contributed by atoms with Crippen molar-refractivity contribution in [3.8, 4) is 5.75 Å². The summed E-state index contributed by atoms with van der Waals surface area (Å²) in [6.45, 7) is 4.18. The standard InChI is InChI=1S/C18H23NO/c1-13-9-11-16(18(20-3)14(13)2)17(19)12-10-15-7-5-4-6-8-15/h4-9,11,17H,10,12,19H2,1-3H3. The van der Waals surface area contributed by atoms with E-state index in [9.17, 15) is 0 Å². The van der Waals surface area contributed by atoms with E-state index in [0.717, 1.165) is 24.2 Å². The van der Waals surface area contributed by atoms with E-state index in [-0.39, 0.29) is 6.04 Å². The summed E-state index contributed by atoms with van der Waals surface area (Å²) in [5.74, 6) is 0.936. The predicted molar refractivity (Wildman–Crippen MR) is 84.2 cm³/mol. The number of methoxy groups -OCH3 is 1. The molecule has 2 aromatic rings. The van der Waals surface area contributed by atoms with Crippen LogP contribution >= 0.6 is 0 Å². The third kappa shape index (κ3) is 3.20. The minimum atomic E-state index is 0.00413. The van der Waals surface area contributed by atoms with Gasteiger partial charge in [0.1, 0.15) is 5.75 Å². The second-order valence-corrected chi connectivity index (χ2v) is 5.26. The first kappa shape index (κ1) is 14.6. The molecule has 106 valence electrons. The van der Waals surface area contributed by atoms with Crippen molar-refractivity contribution in [2.45, 2.75) is 32.7 Å². The van der Waals surface area contributed by atoms with Crippen LogP contribution in [0, 0.1) is 13.8 Å². The average molecular weight is 269 g/mol. The third-order valence-electron chi connectivity index (χ3n) is 3.90. The molecule has 20 heavy (non-hydrogen) atoms. The zero-order valence-electron chi connectivity index (χ0n) is 12.5. The van der Waals surface area contributed by atoms with Crippen LogP contribution in [0.1, 0.15) is 34.7 Å². The predicted octanol–water partition coefficient (Wildman–Crippen LogP) is 3.94. The van der Waals surface area contributed by atoms with Crippen LogP contribution in [0.15, 0.2) is 42.5 Å². The molecule has 0 radical (unpaired) electrons. The summed E-state index contributed by atoms with van der Waals surface area (Å²) in [5, 5.41) is 0. The Morgan fingerprint density at radius 2 is 1.75 bits per heavy atom. The molecule has 0 heterocycles. The van der Waals surface area contributed by atoms with Crippen molar-refractivity contribution in [2.24, 2.45) is 5.73 Å². The van der Waals surface area contributed by atoms with Crippen LogP contribution in [-0.4, -0.2) is 7.11 Å². The summed E-state index contributed by atoms with van der Waals surface area (Å²) in [6.07, 6.45) is 1.90. The Bertz CT molecular complexity index is 563. The van der Waals surface area contributed by atoms with E-state index in [0.29, 0.717) is 0 Å². The molecular weight excluding hydrogens is 246 g/mol. The van der Waals surface area contributed by atoms with Gasteiger partial charge in [-0.1, -0.05) is 42.5 Å². The Kier molecular flexibility index (Phi) is 4.80. The quantitative estimate of drug-likeness (QED) is 0.892. The van der Waals surface area contributed by atoms with E-state index in [4.69, 9.17) is 10.5 Å². The smallest absolute Gasteiger partial charge is 0.126 e. The molecule has 0 aliphatic rings. The first-order chi connectivity index (χ1) is 9.63. The van der Waals surface area contributed by atoms with Crippen molar-refractivity contribution in [3.63, 3.8) is 0 Å². The zero-order chi connectivity index (χ0) is 14.5. The molecule has 0 aromatic heterocycles. The first-order valence-corrected chi connectivity index (χ1v) is 7.07. The van der Waals surface area contributed by atoms with Crippen molar-refractivity contribution in [1.29, 1.82) is 0 Å². The lowest BCUT2D eigenvalue weighted by Gasteiger charge is -2.18. The van der Waals surface area contributed by atoms with E-state index < -0.39 is 0 Å². The fraction of sp³-hybridized carbons (Fsp3) is 0.333. The van der Waals surface area contributed by atoms with Crippen LogP contribution in [0.3, 0.4) is 0 Å². The van der Waals surface area contributed by atoms with Crippen LogP contribution in [0.4, 0.5) is 0 Å². The number of benzene rings is 2. The number of rotatable bonds is 5. The minimum absolute atomic E-state index is 0.00413. The monoisotopic (exact) mass is 269 g/mol. The summed E-state index contributed by atoms with van der Waals surface area (Å²) >= 11 is 0. The van der Waals surface area contributed by atoms with Gasteiger partial charge in [0.2, 0.25) is 0 Å². The molecule has 0 saturated heterocycles. The molecule has 0 aliphatic carbocycles. The topological polar surface area (TPSA) is 35.2 Å². The van der Waals surface area contributed by atoms with Crippen molar-refractivity contribution < 1.29 is 4.74 Å². The largest absolute Gasteiger partial charge is 0.496 e. The number of nitrogens with two attached hydrogens (primary N) is 1. The summed E-state index contributed by atoms with van der Waals surface area (Å²) in [6, 6.07) is 14.7. The molecule has 2 aromatic carbocycles. The minimum Gasteiger partial charge on any atom is -0.496 e. The van der Waals surface area contributed by atoms with E-state index in [1.165, 1.54) is 16.7 Å². The van der Waals surface area contributed by atoms with E-state index in [2.05, 4.69) is 50.2 Å². The maximum Gasteiger partial charge on any atom is 0.126 e. The van der Waals surface area contributed by atoms with Gasteiger partial charge in [-0.25, -0.2) is 0 Å². The van der Waals surface area contributed by atoms with E-state index in [1.807, 2.05) is 6.07 Å². The fourth-order valence-electron chi connectivity index (χ4n) is 2.50. The van der Waals surface area contributed by atoms with Crippen LogP contribution in [-0.2, 0) is 6.42 Å². The molecule has 2 N–H and O–H groups in total. The van der Waals surface area contributed by atoms with Crippen molar-refractivity contribution in [2.75, 3.05) is 7.11 Å². The number of hydrogen-bond donors (Lipinski definition) is 1. The maximum atomic E-state index is 6.36. The molecule has 0 spiro atoms. The lowest BCUT2D eigenvalue weighted by atomic mass is 9.95. The number of aryl methyl sites for hydroxylation is 2. The summed E-state index contributed by atoms with van der Waals surface area (Å²) in [4.78, 5) is 0. The maximum absolute atomic E-state index is 6.36. The summed E-state index contributed by atoms with van der Waals surface area (Å²) in [7, 11) is 1.72. The van der Waals surface area contributed by atoms with Gasteiger partial charge in [0, 0.05) is 11.6 Å². The second-order valence-electron chi connectivity index (χ2n) is 5.26. The molecule has 2 rings (SSSR count). The molecule has 1 atom stereocenters. The van der Waals surface area contributed by atoms with Gasteiger partial charge in [-0.3, -0.25) is 0 Å². The SMILES string of the molecule is COc1c(C(N)CCc2ccccc2)ccc(C)c1C. The normalized spacial score (nSPS) is 12.2. The lowest BCUT2D eigenvalue weighted by molar-refractivity contribution is 0.400. The lowest BCUT2D eigenvalue weighted by Crippen LogP contribution is -2.13. The van der Waals surface area contributed by atoms with E-state index in [1.54, 1.807) is 7.11 Å². The highest BCUT2D eigenvalue weighted by atomic mass is 16.5. The summed E-state index contributed by atoms with van der Waals surface area (Å²) in [5.41, 5.74) is 11.2. The van der Waals surface area contributed by atoms with Gasteiger partial charge in [0.05, 0.1) is 7.11 Å². The van der Waals surface area contributed by atoms with Crippen LogP contribution in [0.25, 0.3) is 0 Å². The Hall–Kier alpha value is -1.80. The van der Waals surface area contributed by atoms with Gasteiger partial charge in [0.15, 0.2) is 0 Å². The Morgan fingerprint density at radius 3 is 2.40 bits per heavy atom. The highest BCUT2D eigenvalue weighted by Crippen LogP contribution is 2.31. The first-order valence-electron chi connectivity index (χ1n) is 7.07. The Morgan fingerprint density at radius 1 is 1.05 bits per heavy atom. The van der Waals surface area contributed by atoms with Gasteiger partial charge in [-0.05, 0) is 43.4 Å². The Labute approximate surface area is 121 Å². The molecule has 0 fully saturated rings. The molecule has 1 unspecified atom stereocenters. The van der Waals surface area contributed by atoms with Gasteiger partial charge < -0.3 is 10.5 Å². The molecule has 0 aliphatic heterocycles. The summed E-state index contributed by atoms with van der Waals surface area (Å²) < 4.78 is 5.55. The molecule has 0 amide bonds. The zero-order valence-corrected chi connectivity index (χ0v) is 12.5.